The van der Waals surface area contributed by atoms with Gasteiger partial charge in [0.15, 0.2) is 5.82 Å². The minimum absolute atomic E-state index is 0.181. The van der Waals surface area contributed by atoms with Crippen LogP contribution in [0, 0.1) is 5.82 Å². The summed E-state index contributed by atoms with van der Waals surface area (Å²) >= 11 is 0. The SMILES string of the molecule is C=C(C)[Si](C)(C)OCc1cccc(N2CCCN(c3cnc(N4CC(OC)C4)nc3)CC2)c1F. The Bertz CT molecular complexity index is 997. The molecule has 4 rings (SSSR count). The zero-order valence-corrected chi connectivity index (χ0v) is 21.8. The van der Waals surface area contributed by atoms with Gasteiger partial charge in [-0.15, -0.1) is 6.58 Å². The first-order valence-corrected chi connectivity index (χ1v) is 14.9. The number of halogens is 1. The predicted molar refractivity (Wildman–Crippen MR) is 138 cm³/mol. The van der Waals surface area contributed by atoms with E-state index in [9.17, 15) is 0 Å². The summed E-state index contributed by atoms with van der Waals surface area (Å²) in [5.41, 5.74) is 2.25. The lowest BCUT2D eigenvalue weighted by atomic mass is 10.1. The minimum atomic E-state index is -2.02. The van der Waals surface area contributed by atoms with Crippen LogP contribution in [0.25, 0.3) is 0 Å². The molecule has 0 spiro atoms. The number of methoxy groups -OCH3 is 1. The van der Waals surface area contributed by atoms with Crippen molar-refractivity contribution < 1.29 is 13.6 Å². The average molecular weight is 486 g/mol. The Morgan fingerprint density at radius 2 is 1.76 bits per heavy atom. The van der Waals surface area contributed by atoms with Crippen LogP contribution in [-0.4, -0.2) is 70.8 Å². The second-order valence-electron chi connectivity index (χ2n) is 9.66. The first-order chi connectivity index (χ1) is 16.3. The van der Waals surface area contributed by atoms with Crippen molar-refractivity contribution in [1.82, 2.24) is 9.97 Å². The molecule has 0 atom stereocenters. The number of ether oxygens (including phenoxy) is 1. The first kappa shape index (κ1) is 24.6. The molecule has 34 heavy (non-hydrogen) atoms. The summed E-state index contributed by atoms with van der Waals surface area (Å²) in [6.45, 7) is 15.4. The van der Waals surface area contributed by atoms with E-state index in [-0.39, 0.29) is 18.5 Å². The predicted octanol–water partition coefficient (Wildman–Crippen LogP) is 4.00. The maximum absolute atomic E-state index is 15.4. The molecule has 2 saturated heterocycles. The summed E-state index contributed by atoms with van der Waals surface area (Å²) in [5.74, 6) is 0.562. The van der Waals surface area contributed by atoms with E-state index in [0.717, 1.165) is 62.5 Å². The Labute approximate surface area is 203 Å². The number of hydrogen-bond acceptors (Lipinski definition) is 7. The fraction of sp³-hybridized carbons (Fsp3) is 0.520. The zero-order chi connectivity index (χ0) is 24.3. The summed E-state index contributed by atoms with van der Waals surface area (Å²) in [5, 5.41) is 1.05. The van der Waals surface area contributed by atoms with E-state index in [4.69, 9.17) is 9.16 Å². The highest BCUT2D eigenvalue weighted by Gasteiger charge is 2.29. The Balaban J connectivity index is 1.38. The molecule has 7 nitrogen and oxygen atoms in total. The topological polar surface area (TPSA) is 54.0 Å². The molecule has 2 aliphatic rings. The van der Waals surface area contributed by atoms with Crippen molar-refractivity contribution in [3.63, 3.8) is 0 Å². The third-order valence-electron chi connectivity index (χ3n) is 6.97. The molecular formula is C25H36FN5O2Si. The van der Waals surface area contributed by atoms with Gasteiger partial charge in [-0.3, -0.25) is 0 Å². The maximum Gasteiger partial charge on any atom is 0.225 e. The zero-order valence-electron chi connectivity index (χ0n) is 20.8. The lowest BCUT2D eigenvalue weighted by Gasteiger charge is -2.38. The molecular weight excluding hydrogens is 449 g/mol. The smallest absolute Gasteiger partial charge is 0.225 e. The van der Waals surface area contributed by atoms with Gasteiger partial charge in [-0.1, -0.05) is 17.3 Å². The van der Waals surface area contributed by atoms with Gasteiger partial charge in [0.2, 0.25) is 14.3 Å². The van der Waals surface area contributed by atoms with Crippen LogP contribution in [0.4, 0.5) is 21.7 Å². The van der Waals surface area contributed by atoms with Gasteiger partial charge >= 0.3 is 0 Å². The lowest BCUT2D eigenvalue weighted by Crippen LogP contribution is -2.52. The second-order valence-corrected chi connectivity index (χ2v) is 13.8. The molecule has 0 unspecified atom stereocenters. The Hall–Kier alpha value is -2.49. The van der Waals surface area contributed by atoms with Crippen LogP contribution in [0.2, 0.25) is 13.1 Å². The summed E-state index contributed by atoms with van der Waals surface area (Å²) < 4.78 is 26.8. The summed E-state index contributed by atoms with van der Waals surface area (Å²) in [6, 6.07) is 5.61. The largest absolute Gasteiger partial charge is 0.409 e. The van der Waals surface area contributed by atoms with E-state index in [1.165, 1.54) is 0 Å². The highest BCUT2D eigenvalue weighted by atomic mass is 28.4. The Morgan fingerprint density at radius 1 is 1.09 bits per heavy atom. The fourth-order valence-corrected chi connectivity index (χ4v) is 4.87. The van der Waals surface area contributed by atoms with Crippen molar-refractivity contribution in [1.29, 1.82) is 0 Å². The van der Waals surface area contributed by atoms with Gasteiger partial charge < -0.3 is 23.9 Å². The molecule has 0 saturated carbocycles. The van der Waals surface area contributed by atoms with Crippen molar-refractivity contribution in [2.24, 2.45) is 0 Å². The van der Waals surface area contributed by atoms with Crippen molar-refractivity contribution in [2.75, 3.05) is 61.1 Å². The number of aromatic nitrogens is 2. The highest BCUT2D eigenvalue weighted by molar-refractivity contribution is 6.78. The molecule has 3 heterocycles. The van der Waals surface area contributed by atoms with Gasteiger partial charge in [-0.2, -0.15) is 0 Å². The summed E-state index contributed by atoms with van der Waals surface area (Å²) in [7, 11) is -0.283. The third kappa shape index (κ3) is 5.42. The van der Waals surface area contributed by atoms with Crippen LogP contribution < -0.4 is 14.7 Å². The fourth-order valence-electron chi connectivity index (χ4n) is 4.11. The molecule has 0 amide bonds. The number of nitrogens with zero attached hydrogens (tertiary/aromatic N) is 5. The number of anilines is 3. The molecule has 9 heteroatoms. The van der Waals surface area contributed by atoms with Crippen molar-refractivity contribution in [3.05, 3.63) is 53.7 Å². The van der Waals surface area contributed by atoms with Crippen molar-refractivity contribution >= 4 is 25.6 Å². The molecule has 0 radical (unpaired) electrons. The molecule has 1 aromatic carbocycles. The van der Waals surface area contributed by atoms with E-state index in [0.29, 0.717) is 11.3 Å². The molecule has 2 fully saturated rings. The quantitative estimate of drug-likeness (QED) is 0.524. The molecule has 2 aliphatic heterocycles. The highest BCUT2D eigenvalue weighted by Crippen LogP contribution is 2.27. The maximum atomic E-state index is 15.4. The number of benzene rings is 1. The van der Waals surface area contributed by atoms with E-state index in [2.05, 4.69) is 44.3 Å². The molecule has 1 aromatic heterocycles. The van der Waals surface area contributed by atoms with Crippen LogP contribution in [0.15, 0.2) is 42.4 Å². The Morgan fingerprint density at radius 3 is 2.44 bits per heavy atom. The van der Waals surface area contributed by atoms with Gasteiger partial charge in [-0.05, 0) is 32.5 Å². The number of rotatable bonds is 8. The van der Waals surface area contributed by atoms with Crippen LogP contribution in [0.1, 0.15) is 18.9 Å². The second kappa shape index (κ2) is 10.4. The summed E-state index contributed by atoms with van der Waals surface area (Å²) in [6.07, 6.45) is 4.98. The third-order valence-corrected chi connectivity index (χ3v) is 9.89. The summed E-state index contributed by atoms with van der Waals surface area (Å²) in [4.78, 5) is 15.6. The van der Waals surface area contributed by atoms with E-state index in [1.54, 1.807) is 7.11 Å². The molecule has 184 valence electrons. The van der Waals surface area contributed by atoms with Gasteiger partial charge in [0.05, 0.1) is 36.5 Å². The number of hydrogen-bond donors (Lipinski definition) is 0. The molecule has 0 N–H and O–H groups in total. The number of allylic oxidation sites excluding steroid dienone is 1. The van der Waals surface area contributed by atoms with E-state index >= 15 is 4.39 Å². The first-order valence-electron chi connectivity index (χ1n) is 12.0. The van der Waals surface area contributed by atoms with Crippen molar-refractivity contribution in [3.8, 4) is 0 Å². The van der Waals surface area contributed by atoms with Crippen LogP contribution in [-0.2, 0) is 15.8 Å². The van der Waals surface area contributed by atoms with Gasteiger partial charge in [0.25, 0.3) is 0 Å². The molecule has 2 aromatic rings. The normalized spacial score (nSPS) is 17.5. The van der Waals surface area contributed by atoms with E-state index < -0.39 is 8.32 Å². The monoisotopic (exact) mass is 485 g/mol. The standard InChI is InChI=1S/C25H36FN5O2Si/c1-19(2)34(4,5)33-18-20-8-6-9-23(24(20)26)30-11-7-10-29(12-13-30)21-14-27-25(28-15-21)31-16-22(17-31)32-3/h6,8-9,14-15,22H,1,7,10-13,16-18H2,2-5H3. The van der Waals surface area contributed by atoms with Crippen LogP contribution in [0.5, 0.6) is 0 Å². The van der Waals surface area contributed by atoms with Gasteiger partial charge in [0.1, 0.15) is 0 Å². The Kier molecular flexibility index (Phi) is 7.54. The molecule has 0 aliphatic carbocycles. The minimum Gasteiger partial charge on any atom is -0.409 e. The van der Waals surface area contributed by atoms with Crippen LogP contribution in [0.3, 0.4) is 0 Å². The van der Waals surface area contributed by atoms with Gasteiger partial charge in [-0.25, -0.2) is 14.4 Å². The van der Waals surface area contributed by atoms with Crippen LogP contribution >= 0.6 is 0 Å². The molecule has 0 bridgehead atoms. The average Bonchev–Trinajstić information content (AvgIpc) is 3.04. The van der Waals surface area contributed by atoms with Gasteiger partial charge in [0, 0.05) is 51.9 Å². The van der Waals surface area contributed by atoms with E-state index in [1.807, 2.05) is 37.5 Å². The lowest BCUT2D eigenvalue weighted by molar-refractivity contribution is 0.0778. The van der Waals surface area contributed by atoms with Crippen molar-refractivity contribution in [2.45, 2.75) is 39.1 Å².